The summed E-state index contributed by atoms with van der Waals surface area (Å²) < 4.78 is 10.5. The summed E-state index contributed by atoms with van der Waals surface area (Å²) in [5.74, 6) is 0.659. The maximum absolute atomic E-state index is 11.3. The number of nitrogens with zero attached hydrogens (tertiary/aromatic N) is 2. The number of ether oxygens (including phenoxy) is 2. The minimum absolute atomic E-state index is 0.125. The van der Waals surface area contributed by atoms with Gasteiger partial charge in [-0.3, -0.25) is 0 Å². The molecule has 0 N–H and O–H groups in total. The average molecular weight is 280 g/mol. The maximum Gasteiger partial charge on any atom is 0.409 e. The van der Waals surface area contributed by atoms with Crippen LogP contribution in [0.1, 0.15) is 32.3 Å². The zero-order valence-corrected chi connectivity index (χ0v) is 12.8. The number of aryl methyl sites for hydroxylation is 1. The maximum atomic E-state index is 11.3. The van der Waals surface area contributed by atoms with Crippen molar-refractivity contribution in [3.63, 3.8) is 0 Å². The van der Waals surface area contributed by atoms with Crippen molar-refractivity contribution in [3.8, 4) is 5.88 Å². The van der Waals surface area contributed by atoms with E-state index in [1.165, 1.54) is 7.11 Å². The van der Waals surface area contributed by atoms with Crippen LogP contribution in [0.2, 0.25) is 0 Å². The van der Waals surface area contributed by atoms with E-state index in [9.17, 15) is 4.79 Å². The Morgan fingerprint density at radius 1 is 1.35 bits per heavy atom. The van der Waals surface area contributed by atoms with E-state index in [0.717, 1.165) is 18.4 Å². The van der Waals surface area contributed by atoms with Gasteiger partial charge in [-0.1, -0.05) is 13.8 Å². The van der Waals surface area contributed by atoms with Crippen LogP contribution in [0.15, 0.2) is 18.3 Å². The third kappa shape index (κ3) is 4.72. The minimum Gasteiger partial charge on any atom is -0.474 e. The number of aromatic nitrogens is 1. The van der Waals surface area contributed by atoms with E-state index in [0.29, 0.717) is 19.0 Å². The first kappa shape index (κ1) is 16.3. The van der Waals surface area contributed by atoms with Crippen molar-refractivity contribution in [1.82, 2.24) is 9.88 Å². The highest BCUT2D eigenvalue weighted by molar-refractivity contribution is 5.67. The summed E-state index contributed by atoms with van der Waals surface area (Å²) in [6.45, 7) is 7.35. The van der Waals surface area contributed by atoms with Gasteiger partial charge in [0.25, 0.3) is 0 Å². The predicted molar refractivity (Wildman–Crippen MR) is 78.0 cm³/mol. The number of methoxy groups -OCH3 is 1. The lowest BCUT2D eigenvalue weighted by Crippen LogP contribution is -2.41. The van der Waals surface area contributed by atoms with Crippen LogP contribution < -0.4 is 4.74 Å². The molecule has 0 spiro atoms. The Morgan fingerprint density at radius 2 is 2.00 bits per heavy atom. The molecule has 0 radical (unpaired) electrons. The Labute approximate surface area is 120 Å². The van der Waals surface area contributed by atoms with Crippen LogP contribution in [0.25, 0.3) is 0 Å². The van der Waals surface area contributed by atoms with Crippen molar-refractivity contribution < 1.29 is 14.3 Å². The monoisotopic (exact) mass is 280 g/mol. The van der Waals surface area contributed by atoms with Gasteiger partial charge in [-0.15, -0.1) is 0 Å². The molecule has 2 rings (SSSR count). The molecule has 1 aromatic rings. The first-order chi connectivity index (χ1) is 9.69. The zero-order valence-electron chi connectivity index (χ0n) is 12.8. The summed E-state index contributed by atoms with van der Waals surface area (Å²) in [5, 5.41) is 0. The van der Waals surface area contributed by atoms with Crippen LogP contribution >= 0.6 is 0 Å². The summed E-state index contributed by atoms with van der Waals surface area (Å²) in [6, 6.07) is 3.86. The second kappa shape index (κ2) is 8.40. The van der Waals surface area contributed by atoms with Crippen molar-refractivity contribution >= 4 is 6.09 Å². The molecule has 112 valence electrons. The second-order valence-corrected chi connectivity index (χ2v) is 4.45. The lowest BCUT2D eigenvalue weighted by atomic mass is 10.1. The van der Waals surface area contributed by atoms with E-state index < -0.39 is 0 Å². The normalized spacial score (nSPS) is 15.1. The molecule has 0 saturated carbocycles. The number of piperidine rings is 1. The fraction of sp³-hybridized carbons (Fsp3) is 0.600. The Balaban J connectivity index is 0.000000956. The minimum atomic E-state index is -0.262. The van der Waals surface area contributed by atoms with Crippen molar-refractivity contribution in [2.24, 2.45) is 0 Å². The number of carbonyl (C=O) groups excluding carboxylic acids is 1. The number of hydrogen-bond donors (Lipinski definition) is 0. The van der Waals surface area contributed by atoms with Crippen LogP contribution in [0.5, 0.6) is 5.88 Å². The molecule has 1 aliphatic rings. The first-order valence-electron chi connectivity index (χ1n) is 7.11. The average Bonchev–Trinajstić information content (AvgIpc) is 2.49. The van der Waals surface area contributed by atoms with E-state index in [1.54, 1.807) is 11.1 Å². The van der Waals surface area contributed by atoms with E-state index in [4.69, 9.17) is 9.47 Å². The lowest BCUT2D eigenvalue weighted by Gasteiger charge is -2.30. The highest BCUT2D eigenvalue weighted by atomic mass is 16.5. The van der Waals surface area contributed by atoms with Crippen LogP contribution in [0.3, 0.4) is 0 Å². The van der Waals surface area contributed by atoms with Gasteiger partial charge in [-0.25, -0.2) is 9.78 Å². The van der Waals surface area contributed by atoms with Crippen molar-refractivity contribution in [2.45, 2.75) is 39.7 Å². The van der Waals surface area contributed by atoms with Gasteiger partial charge in [0.05, 0.1) is 7.11 Å². The number of likely N-dealkylation sites (tertiary alicyclic amines) is 1. The highest BCUT2D eigenvalue weighted by Crippen LogP contribution is 2.18. The topological polar surface area (TPSA) is 51.7 Å². The Kier molecular flexibility index (Phi) is 6.84. The molecular formula is C15H24N2O3. The number of carbonyl (C=O) groups is 1. The molecule has 1 saturated heterocycles. The number of hydrogen-bond acceptors (Lipinski definition) is 4. The Bertz CT molecular complexity index is 415. The molecule has 1 amide bonds. The smallest absolute Gasteiger partial charge is 0.409 e. The predicted octanol–water partition coefficient (Wildman–Crippen LogP) is 3.03. The van der Waals surface area contributed by atoms with Gasteiger partial charge in [-0.05, 0) is 18.6 Å². The van der Waals surface area contributed by atoms with Gasteiger partial charge >= 0.3 is 6.09 Å². The Morgan fingerprint density at radius 3 is 2.55 bits per heavy atom. The van der Waals surface area contributed by atoms with Gasteiger partial charge in [0.15, 0.2) is 0 Å². The van der Waals surface area contributed by atoms with Crippen LogP contribution in [0, 0.1) is 6.92 Å². The van der Waals surface area contributed by atoms with Crippen molar-refractivity contribution in [1.29, 1.82) is 0 Å². The summed E-state index contributed by atoms with van der Waals surface area (Å²) in [7, 11) is 1.40. The van der Waals surface area contributed by atoms with Gasteiger partial charge in [0.2, 0.25) is 5.88 Å². The van der Waals surface area contributed by atoms with Crippen molar-refractivity contribution in [2.75, 3.05) is 20.2 Å². The Hall–Kier alpha value is -1.78. The number of pyridine rings is 1. The molecule has 1 aromatic heterocycles. The summed E-state index contributed by atoms with van der Waals surface area (Å²) >= 11 is 0. The van der Waals surface area contributed by atoms with E-state index in [-0.39, 0.29) is 12.2 Å². The molecule has 0 bridgehead atoms. The molecule has 1 fully saturated rings. The van der Waals surface area contributed by atoms with Gasteiger partial charge < -0.3 is 14.4 Å². The van der Waals surface area contributed by atoms with Gasteiger partial charge in [0, 0.05) is 38.2 Å². The molecule has 0 unspecified atom stereocenters. The van der Waals surface area contributed by atoms with Crippen LogP contribution in [-0.2, 0) is 4.74 Å². The van der Waals surface area contributed by atoms with Crippen LogP contribution in [0.4, 0.5) is 4.79 Å². The number of rotatable bonds is 2. The van der Waals surface area contributed by atoms with Gasteiger partial charge in [0.1, 0.15) is 6.10 Å². The largest absolute Gasteiger partial charge is 0.474 e. The molecule has 1 aliphatic heterocycles. The molecule has 20 heavy (non-hydrogen) atoms. The SMILES string of the molecule is CC.COC(=O)N1CCC(Oc2cc(C)ccn2)CC1. The molecule has 0 aromatic carbocycles. The summed E-state index contributed by atoms with van der Waals surface area (Å²) in [4.78, 5) is 17.2. The molecule has 5 nitrogen and oxygen atoms in total. The second-order valence-electron chi connectivity index (χ2n) is 4.45. The third-order valence-corrected chi connectivity index (χ3v) is 3.05. The summed E-state index contributed by atoms with van der Waals surface area (Å²) in [6.07, 6.45) is 3.23. The molecule has 0 aliphatic carbocycles. The quantitative estimate of drug-likeness (QED) is 0.835. The highest BCUT2D eigenvalue weighted by Gasteiger charge is 2.24. The molecule has 0 atom stereocenters. The fourth-order valence-electron chi connectivity index (χ4n) is 2.03. The summed E-state index contributed by atoms with van der Waals surface area (Å²) in [5.41, 5.74) is 1.13. The number of amides is 1. The van der Waals surface area contributed by atoms with Gasteiger partial charge in [-0.2, -0.15) is 0 Å². The zero-order chi connectivity index (χ0) is 15.0. The van der Waals surface area contributed by atoms with Crippen molar-refractivity contribution in [3.05, 3.63) is 23.9 Å². The lowest BCUT2D eigenvalue weighted by molar-refractivity contribution is 0.0772. The third-order valence-electron chi connectivity index (χ3n) is 3.05. The fourth-order valence-corrected chi connectivity index (χ4v) is 2.03. The van der Waals surface area contributed by atoms with Crippen LogP contribution in [-0.4, -0.2) is 42.3 Å². The van der Waals surface area contributed by atoms with E-state index in [1.807, 2.05) is 32.9 Å². The standard InChI is InChI=1S/C13H18N2O3.C2H6/c1-10-3-6-14-12(9-10)18-11-4-7-15(8-5-11)13(16)17-2;1-2/h3,6,9,11H,4-5,7-8H2,1-2H3;1-2H3. The molecular weight excluding hydrogens is 256 g/mol. The molecule has 5 heteroatoms. The van der Waals surface area contributed by atoms with E-state index >= 15 is 0 Å². The first-order valence-corrected chi connectivity index (χ1v) is 7.11. The molecule has 2 heterocycles. The van der Waals surface area contributed by atoms with E-state index in [2.05, 4.69) is 4.98 Å².